The Bertz CT molecular complexity index is 497. The molecule has 0 bridgehead atoms. The Morgan fingerprint density at radius 1 is 1.37 bits per heavy atom. The van der Waals surface area contributed by atoms with Gasteiger partial charge in [0.25, 0.3) is 0 Å². The number of halogens is 1. The lowest BCUT2D eigenvalue weighted by molar-refractivity contribution is 0.230. The van der Waals surface area contributed by atoms with Gasteiger partial charge in [0.05, 0.1) is 19.4 Å². The predicted octanol–water partition coefficient (Wildman–Crippen LogP) is 1.74. The Balaban J connectivity index is 3.22. The molecule has 0 amide bonds. The van der Waals surface area contributed by atoms with Gasteiger partial charge in [0.1, 0.15) is 0 Å². The molecule has 0 aliphatic carbocycles. The third kappa shape index (κ3) is 4.67. The minimum Gasteiger partial charge on any atom is -0.493 e. The summed E-state index contributed by atoms with van der Waals surface area (Å²) in [5.74, 6) is 0.931. The fourth-order valence-electron chi connectivity index (χ4n) is 1.36. The monoisotopic (exact) mass is 284 g/mol. The first-order chi connectivity index (χ1) is 8.93. The zero-order valence-electron chi connectivity index (χ0n) is 11.1. The first-order valence-electron chi connectivity index (χ1n) is 5.60. The minimum atomic E-state index is -0.128. The molecule has 0 unspecified atom stereocenters. The van der Waals surface area contributed by atoms with Gasteiger partial charge >= 0.3 is 0 Å². The van der Waals surface area contributed by atoms with E-state index in [1.807, 2.05) is 13.8 Å². The van der Waals surface area contributed by atoms with Crippen LogP contribution in [0.25, 0.3) is 0 Å². The van der Waals surface area contributed by atoms with Crippen molar-refractivity contribution in [1.82, 2.24) is 0 Å². The molecule has 0 aliphatic rings. The Morgan fingerprint density at radius 2 is 2.05 bits per heavy atom. The van der Waals surface area contributed by atoms with Crippen LogP contribution in [0.4, 0.5) is 0 Å². The van der Waals surface area contributed by atoms with E-state index in [0.717, 1.165) is 0 Å². The Hall–Kier alpha value is -1.95. The highest BCUT2D eigenvalue weighted by atomic mass is 35.5. The zero-order chi connectivity index (χ0) is 14.4. The summed E-state index contributed by atoms with van der Waals surface area (Å²) in [4.78, 5) is 0. The van der Waals surface area contributed by atoms with Crippen LogP contribution < -0.4 is 20.9 Å². The number of benzene rings is 1. The van der Waals surface area contributed by atoms with Crippen molar-refractivity contribution in [2.24, 2.45) is 21.7 Å². The Labute approximate surface area is 117 Å². The van der Waals surface area contributed by atoms with Crippen molar-refractivity contribution in [2.45, 2.75) is 20.0 Å². The lowest BCUT2D eigenvalue weighted by Gasteiger charge is -2.16. The van der Waals surface area contributed by atoms with Crippen LogP contribution in [0.2, 0.25) is 5.02 Å². The fourth-order valence-corrected chi connectivity index (χ4v) is 1.57. The van der Waals surface area contributed by atoms with E-state index in [2.05, 4.69) is 10.2 Å². The molecule has 4 N–H and O–H groups in total. The van der Waals surface area contributed by atoms with E-state index in [0.29, 0.717) is 22.1 Å². The smallest absolute Gasteiger partial charge is 0.211 e. The fraction of sp³-hybridized carbons (Fsp3) is 0.333. The van der Waals surface area contributed by atoms with Crippen molar-refractivity contribution < 1.29 is 9.47 Å². The third-order valence-electron chi connectivity index (χ3n) is 1.99. The molecular weight excluding hydrogens is 268 g/mol. The topological polar surface area (TPSA) is 95.2 Å². The van der Waals surface area contributed by atoms with Crippen LogP contribution in [0, 0.1) is 0 Å². The summed E-state index contributed by atoms with van der Waals surface area (Å²) in [5, 5.41) is 7.77. The largest absolute Gasteiger partial charge is 0.493 e. The van der Waals surface area contributed by atoms with Crippen molar-refractivity contribution in [2.75, 3.05) is 7.11 Å². The van der Waals surface area contributed by atoms with E-state index in [1.165, 1.54) is 13.3 Å². The molecule has 0 aliphatic heterocycles. The molecule has 19 heavy (non-hydrogen) atoms. The second-order valence-electron chi connectivity index (χ2n) is 3.96. The third-order valence-corrected chi connectivity index (χ3v) is 2.21. The van der Waals surface area contributed by atoms with Gasteiger partial charge in [-0.05, 0) is 19.9 Å². The van der Waals surface area contributed by atoms with Crippen LogP contribution in [-0.4, -0.2) is 25.4 Å². The van der Waals surface area contributed by atoms with Gasteiger partial charge in [0, 0.05) is 16.7 Å². The van der Waals surface area contributed by atoms with Gasteiger partial charge in [-0.25, -0.2) is 0 Å². The molecule has 0 saturated carbocycles. The maximum absolute atomic E-state index is 6.00. The second kappa shape index (κ2) is 6.84. The van der Waals surface area contributed by atoms with E-state index < -0.39 is 0 Å². The molecule has 7 heteroatoms. The number of hydrogen-bond acceptors (Lipinski definition) is 4. The van der Waals surface area contributed by atoms with E-state index in [4.69, 9.17) is 32.5 Å². The molecular formula is C12H17ClN4O2. The molecule has 0 atom stereocenters. The normalized spacial score (nSPS) is 10.8. The molecule has 0 radical (unpaired) electrons. The van der Waals surface area contributed by atoms with Crippen LogP contribution in [-0.2, 0) is 0 Å². The molecule has 6 nitrogen and oxygen atoms in total. The first kappa shape index (κ1) is 15.1. The quantitative estimate of drug-likeness (QED) is 0.489. The van der Waals surface area contributed by atoms with Crippen LogP contribution in [0.3, 0.4) is 0 Å². The number of methoxy groups -OCH3 is 1. The van der Waals surface area contributed by atoms with Crippen LogP contribution >= 0.6 is 11.6 Å². The maximum atomic E-state index is 6.00. The van der Waals surface area contributed by atoms with Crippen molar-refractivity contribution in [3.63, 3.8) is 0 Å². The molecule has 104 valence electrons. The highest BCUT2D eigenvalue weighted by Crippen LogP contribution is 2.34. The van der Waals surface area contributed by atoms with Crippen molar-refractivity contribution >= 4 is 23.8 Å². The lowest BCUT2D eigenvalue weighted by Crippen LogP contribution is -2.21. The van der Waals surface area contributed by atoms with Gasteiger partial charge < -0.3 is 20.9 Å². The van der Waals surface area contributed by atoms with Gasteiger partial charge in [-0.2, -0.15) is 5.10 Å². The average Bonchev–Trinajstić information content (AvgIpc) is 2.31. The van der Waals surface area contributed by atoms with Gasteiger partial charge in [0.2, 0.25) is 5.96 Å². The SMILES string of the molecule is COc1cc(Cl)cc(C=NN=C(N)N)c1OC(C)C. The number of nitrogens with two attached hydrogens (primary N) is 2. The van der Waals surface area contributed by atoms with Crippen LogP contribution in [0.1, 0.15) is 19.4 Å². The van der Waals surface area contributed by atoms with Crippen molar-refractivity contribution in [3.8, 4) is 11.5 Å². The highest BCUT2D eigenvalue weighted by Gasteiger charge is 2.13. The average molecular weight is 285 g/mol. The molecule has 0 saturated heterocycles. The molecule has 0 spiro atoms. The first-order valence-corrected chi connectivity index (χ1v) is 5.98. The molecule has 0 aromatic heterocycles. The van der Waals surface area contributed by atoms with E-state index in [1.54, 1.807) is 12.1 Å². The van der Waals surface area contributed by atoms with Gasteiger partial charge in [-0.3, -0.25) is 0 Å². The maximum Gasteiger partial charge on any atom is 0.211 e. The molecule has 0 heterocycles. The summed E-state index contributed by atoms with van der Waals surface area (Å²) >= 11 is 6.00. The van der Waals surface area contributed by atoms with Gasteiger partial charge in [-0.15, -0.1) is 5.10 Å². The van der Waals surface area contributed by atoms with E-state index in [9.17, 15) is 0 Å². The zero-order valence-corrected chi connectivity index (χ0v) is 11.8. The summed E-state index contributed by atoms with van der Waals surface area (Å²) in [7, 11) is 1.54. The summed E-state index contributed by atoms with van der Waals surface area (Å²) in [6, 6.07) is 3.35. The second-order valence-corrected chi connectivity index (χ2v) is 4.40. The summed E-state index contributed by atoms with van der Waals surface area (Å²) in [6.07, 6.45) is 1.43. The van der Waals surface area contributed by atoms with Gasteiger partial charge in [-0.1, -0.05) is 11.6 Å². The molecule has 1 aromatic rings. The standard InChI is InChI=1S/C12H17ClN4O2/c1-7(2)19-11-8(6-16-17-12(14)15)4-9(13)5-10(11)18-3/h4-7H,1-3H3,(H4,14,15,17). The Kier molecular flexibility index (Phi) is 5.44. The van der Waals surface area contributed by atoms with E-state index in [-0.39, 0.29) is 12.1 Å². The number of hydrogen-bond donors (Lipinski definition) is 2. The molecule has 0 fully saturated rings. The number of guanidine groups is 1. The predicted molar refractivity (Wildman–Crippen MR) is 77.2 cm³/mol. The van der Waals surface area contributed by atoms with Crippen LogP contribution in [0.15, 0.2) is 22.3 Å². The van der Waals surface area contributed by atoms with Crippen LogP contribution in [0.5, 0.6) is 11.5 Å². The Morgan fingerprint density at radius 3 is 2.58 bits per heavy atom. The van der Waals surface area contributed by atoms with Crippen molar-refractivity contribution in [1.29, 1.82) is 0 Å². The minimum absolute atomic E-state index is 0.0229. The number of ether oxygens (including phenoxy) is 2. The summed E-state index contributed by atoms with van der Waals surface area (Å²) in [6.45, 7) is 3.82. The van der Waals surface area contributed by atoms with Gasteiger partial charge in [0.15, 0.2) is 11.5 Å². The molecule has 1 aromatic carbocycles. The highest BCUT2D eigenvalue weighted by molar-refractivity contribution is 6.31. The lowest BCUT2D eigenvalue weighted by atomic mass is 10.2. The number of nitrogens with zero attached hydrogens (tertiary/aromatic N) is 2. The summed E-state index contributed by atoms with van der Waals surface area (Å²) in [5.41, 5.74) is 11.0. The van der Waals surface area contributed by atoms with Crippen molar-refractivity contribution in [3.05, 3.63) is 22.7 Å². The summed E-state index contributed by atoms with van der Waals surface area (Å²) < 4.78 is 10.9. The van der Waals surface area contributed by atoms with E-state index >= 15 is 0 Å². The molecule has 1 rings (SSSR count). The number of rotatable bonds is 5.